The third-order valence-electron chi connectivity index (χ3n) is 3.73. The molecule has 0 bridgehead atoms. The Morgan fingerprint density at radius 3 is 2.79 bits per heavy atom. The van der Waals surface area contributed by atoms with E-state index in [0.29, 0.717) is 5.54 Å². The van der Waals surface area contributed by atoms with Crippen molar-refractivity contribution < 1.29 is 0 Å². The second-order valence-electron chi connectivity index (χ2n) is 4.89. The van der Waals surface area contributed by atoms with Crippen molar-refractivity contribution in [2.24, 2.45) is 11.7 Å². The summed E-state index contributed by atoms with van der Waals surface area (Å²) < 4.78 is 0. The Labute approximate surface area is 91.6 Å². The second-order valence-corrected chi connectivity index (χ2v) is 6.12. The molecule has 1 aliphatic carbocycles. The summed E-state index contributed by atoms with van der Waals surface area (Å²) in [6.07, 6.45) is 4.00. The average molecular weight is 214 g/mol. The van der Waals surface area contributed by atoms with E-state index < -0.39 is 0 Å². The van der Waals surface area contributed by atoms with Crippen LogP contribution >= 0.6 is 11.8 Å². The van der Waals surface area contributed by atoms with Gasteiger partial charge in [0.25, 0.3) is 0 Å². The monoisotopic (exact) mass is 214 g/mol. The van der Waals surface area contributed by atoms with Gasteiger partial charge in [-0.25, -0.2) is 0 Å². The van der Waals surface area contributed by atoms with Crippen LogP contribution < -0.4 is 5.73 Å². The van der Waals surface area contributed by atoms with Crippen molar-refractivity contribution in [3.8, 4) is 0 Å². The predicted molar refractivity (Wildman–Crippen MR) is 63.7 cm³/mol. The van der Waals surface area contributed by atoms with Crippen LogP contribution in [0.1, 0.15) is 26.2 Å². The first-order valence-corrected chi connectivity index (χ1v) is 6.95. The smallest absolute Gasteiger partial charge is 0.0337 e. The third kappa shape index (κ3) is 1.95. The summed E-state index contributed by atoms with van der Waals surface area (Å²) in [7, 11) is 0. The van der Waals surface area contributed by atoms with Crippen LogP contribution in [0.4, 0.5) is 0 Å². The van der Waals surface area contributed by atoms with Crippen LogP contribution in [-0.2, 0) is 0 Å². The zero-order chi connectivity index (χ0) is 10.0. The van der Waals surface area contributed by atoms with Gasteiger partial charge in [0.2, 0.25) is 0 Å². The Bertz CT molecular complexity index is 182. The highest BCUT2D eigenvalue weighted by atomic mass is 32.2. The average Bonchev–Trinajstić information content (AvgIpc) is 2.40. The molecule has 0 radical (unpaired) electrons. The van der Waals surface area contributed by atoms with Gasteiger partial charge in [-0.1, -0.05) is 6.92 Å². The number of hydrogen-bond acceptors (Lipinski definition) is 3. The first-order valence-electron chi connectivity index (χ1n) is 5.80. The molecular formula is C11H22N2S. The summed E-state index contributed by atoms with van der Waals surface area (Å²) in [6.45, 7) is 5.74. The number of rotatable bonds is 2. The van der Waals surface area contributed by atoms with Gasteiger partial charge in [0.1, 0.15) is 0 Å². The maximum absolute atomic E-state index is 5.96. The van der Waals surface area contributed by atoms with Crippen LogP contribution in [0.2, 0.25) is 0 Å². The molecular weight excluding hydrogens is 192 g/mol. The van der Waals surface area contributed by atoms with E-state index in [2.05, 4.69) is 23.6 Å². The Balaban J connectivity index is 1.96. The summed E-state index contributed by atoms with van der Waals surface area (Å²) in [5.41, 5.74) is 6.36. The molecule has 0 unspecified atom stereocenters. The Morgan fingerprint density at radius 2 is 2.14 bits per heavy atom. The molecule has 2 N–H and O–H groups in total. The van der Waals surface area contributed by atoms with Crippen molar-refractivity contribution in [1.82, 2.24) is 4.90 Å². The molecule has 2 nitrogen and oxygen atoms in total. The third-order valence-corrected chi connectivity index (χ3v) is 4.78. The van der Waals surface area contributed by atoms with Gasteiger partial charge in [-0.2, -0.15) is 11.8 Å². The van der Waals surface area contributed by atoms with E-state index in [4.69, 9.17) is 5.73 Å². The van der Waals surface area contributed by atoms with Gasteiger partial charge in [-0.15, -0.1) is 0 Å². The van der Waals surface area contributed by atoms with Crippen LogP contribution in [-0.4, -0.2) is 41.6 Å². The molecule has 0 aromatic carbocycles. The van der Waals surface area contributed by atoms with Crippen molar-refractivity contribution in [3.05, 3.63) is 0 Å². The molecule has 2 fully saturated rings. The van der Waals surface area contributed by atoms with E-state index in [1.807, 2.05) is 0 Å². The highest BCUT2D eigenvalue weighted by Crippen LogP contribution is 2.42. The predicted octanol–water partition coefficient (Wildman–Crippen LogP) is 1.55. The van der Waals surface area contributed by atoms with Gasteiger partial charge in [0, 0.05) is 24.4 Å². The Kier molecular flexibility index (Phi) is 3.40. The largest absolute Gasteiger partial charge is 0.329 e. The molecule has 0 atom stereocenters. The van der Waals surface area contributed by atoms with Crippen molar-refractivity contribution in [2.45, 2.75) is 31.7 Å². The van der Waals surface area contributed by atoms with Crippen LogP contribution in [0.25, 0.3) is 0 Å². The van der Waals surface area contributed by atoms with Crippen molar-refractivity contribution in [1.29, 1.82) is 0 Å². The fourth-order valence-electron chi connectivity index (χ4n) is 3.01. The normalized spacial score (nSPS) is 40.3. The van der Waals surface area contributed by atoms with Gasteiger partial charge in [-0.3, -0.25) is 4.90 Å². The standard InChI is InChI=1S/C11H22N2S/c1-10-7-11(8-10,9-12)13-3-2-5-14-6-4-13/h10H,2-9,12H2,1H3. The molecule has 1 saturated carbocycles. The second kappa shape index (κ2) is 4.42. The summed E-state index contributed by atoms with van der Waals surface area (Å²) in [5.74, 6) is 3.54. The van der Waals surface area contributed by atoms with Crippen LogP contribution in [0.15, 0.2) is 0 Å². The molecule has 1 aliphatic heterocycles. The van der Waals surface area contributed by atoms with Gasteiger partial charge in [0.05, 0.1) is 0 Å². The van der Waals surface area contributed by atoms with E-state index in [1.165, 1.54) is 43.9 Å². The van der Waals surface area contributed by atoms with E-state index >= 15 is 0 Å². The maximum atomic E-state index is 5.96. The van der Waals surface area contributed by atoms with Gasteiger partial charge in [0.15, 0.2) is 0 Å². The SMILES string of the molecule is CC1CC(CN)(N2CCCSCC2)C1. The van der Waals surface area contributed by atoms with E-state index in [0.717, 1.165) is 12.5 Å². The van der Waals surface area contributed by atoms with E-state index in [1.54, 1.807) is 0 Å². The highest BCUT2D eigenvalue weighted by molar-refractivity contribution is 7.99. The molecule has 2 rings (SSSR count). The van der Waals surface area contributed by atoms with Crippen LogP contribution in [0, 0.1) is 5.92 Å². The fourth-order valence-corrected chi connectivity index (χ4v) is 3.90. The van der Waals surface area contributed by atoms with Gasteiger partial charge < -0.3 is 5.73 Å². The molecule has 1 saturated heterocycles. The summed E-state index contributed by atoms with van der Waals surface area (Å²) >= 11 is 2.10. The van der Waals surface area contributed by atoms with Crippen molar-refractivity contribution in [3.63, 3.8) is 0 Å². The minimum Gasteiger partial charge on any atom is -0.329 e. The zero-order valence-electron chi connectivity index (χ0n) is 9.17. The van der Waals surface area contributed by atoms with E-state index in [-0.39, 0.29) is 0 Å². The number of thioether (sulfide) groups is 1. The molecule has 82 valence electrons. The van der Waals surface area contributed by atoms with Crippen molar-refractivity contribution >= 4 is 11.8 Å². The molecule has 0 aromatic rings. The first-order chi connectivity index (χ1) is 6.77. The topological polar surface area (TPSA) is 29.3 Å². The quantitative estimate of drug-likeness (QED) is 0.756. The van der Waals surface area contributed by atoms with Crippen molar-refractivity contribution in [2.75, 3.05) is 31.1 Å². The van der Waals surface area contributed by atoms with Crippen LogP contribution in [0.3, 0.4) is 0 Å². The molecule has 1 heterocycles. The Morgan fingerprint density at radius 1 is 1.36 bits per heavy atom. The van der Waals surface area contributed by atoms with Crippen LogP contribution in [0.5, 0.6) is 0 Å². The number of nitrogens with zero attached hydrogens (tertiary/aromatic N) is 1. The minimum absolute atomic E-state index is 0.393. The molecule has 3 heteroatoms. The van der Waals surface area contributed by atoms with E-state index in [9.17, 15) is 0 Å². The summed E-state index contributed by atoms with van der Waals surface area (Å²) in [5, 5.41) is 0. The lowest BCUT2D eigenvalue weighted by molar-refractivity contribution is -0.00746. The zero-order valence-corrected chi connectivity index (χ0v) is 9.98. The lowest BCUT2D eigenvalue weighted by atomic mass is 9.68. The minimum atomic E-state index is 0.393. The summed E-state index contributed by atoms with van der Waals surface area (Å²) in [4.78, 5) is 2.67. The Hall–Kier alpha value is 0.270. The highest BCUT2D eigenvalue weighted by Gasteiger charge is 2.45. The molecule has 0 aromatic heterocycles. The summed E-state index contributed by atoms with van der Waals surface area (Å²) in [6, 6.07) is 0. The molecule has 0 amide bonds. The number of nitrogens with two attached hydrogens (primary N) is 1. The number of hydrogen-bond donors (Lipinski definition) is 1. The van der Waals surface area contributed by atoms with Gasteiger partial charge >= 0.3 is 0 Å². The molecule has 0 spiro atoms. The lowest BCUT2D eigenvalue weighted by Crippen LogP contribution is -2.61. The molecule has 14 heavy (non-hydrogen) atoms. The first kappa shape index (κ1) is 10.8. The fraction of sp³-hybridized carbons (Fsp3) is 1.00. The molecule has 2 aliphatic rings. The lowest BCUT2D eigenvalue weighted by Gasteiger charge is -2.53. The van der Waals surface area contributed by atoms with Gasteiger partial charge in [-0.05, 0) is 37.5 Å². The maximum Gasteiger partial charge on any atom is 0.0337 e.